The molecule has 5 nitrogen and oxygen atoms in total. The fraction of sp³-hybridized carbons (Fsp3) is 0.182. The van der Waals surface area contributed by atoms with E-state index in [9.17, 15) is 4.79 Å². The maximum atomic E-state index is 11.6. The summed E-state index contributed by atoms with van der Waals surface area (Å²) in [5, 5.41) is 2.92. The van der Waals surface area contributed by atoms with Crippen LogP contribution >= 0.6 is 11.6 Å². The summed E-state index contributed by atoms with van der Waals surface area (Å²) in [5.74, 6) is 1.03. The molecule has 88 valence electrons. The van der Waals surface area contributed by atoms with Gasteiger partial charge in [0, 0.05) is 18.9 Å². The number of hydrogen-bond donors (Lipinski definition) is 1. The average Bonchev–Trinajstić information content (AvgIpc) is 2.79. The number of rotatable bonds is 4. The van der Waals surface area contributed by atoms with E-state index < -0.39 is 0 Å². The van der Waals surface area contributed by atoms with Gasteiger partial charge in [0.2, 0.25) is 5.91 Å². The molecule has 0 radical (unpaired) electrons. The van der Waals surface area contributed by atoms with E-state index in [1.807, 2.05) is 6.07 Å². The molecule has 0 atom stereocenters. The summed E-state index contributed by atoms with van der Waals surface area (Å²) in [6.45, 7) is 0. The topological polar surface area (TPSA) is 68.0 Å². The zero-order valence-corrected chi connectivity index (χ0v) is 9.65. The van der Waals surface area contributed by atoms with Crippen LogP contribution in [0.1, 0.15) is 12.2 Å². The third-order valence-electron chi connectivity index (χ3n) is 2.08. The van der Waals surface area contributed by atoms with Crippen molar-refractivity contribution in [3.8, 4) is 0 Å². The molecule has 0 aromatic carbocycles. The quantitative estimate of drug-likeness (QED) is 0.847. The Kier molecular flexibility index (Phi) is 3.72. The van der Waals surface area contributed by atoms with Gasteiger partial charge in [-0.25, -0.2) is 9.97 Å². The van der Waals surface area contributed by atoms with Gasteiger partial charge in [0.05, 0.1) is 6.26 Å². The normalized spacial score (nSPS) is 10.2. The van der Waals surface area contributed by atoms with Crippen LogP contribution in [0.5, 0.6) is 0 Å². The summed E-state index contributed by atoms with van der Waals surface area (Å²) in [6, 6.07) is 5.11. The Hall–Kier alpha value is -1.88. The zero-order chi connectivity index (χ0) is 12.1. The molecule has 0 bridgehead atoms. The fourth-order valence-electron chi connectivity index (χ4n) is 1.30. The van der Waals surface area contributed by atoms with Crippen molar-refractivity contribution >= 4 is 23.3 Å². The highest BCUT2D eigenvalue weighted by atomic mass is 35.5. The van der Waals surface area contributed by atoms with Gasteiger partial charge < -0.3 is 9.73 Å². The first-order chi connectivity index (χ1) is 8.24. The van der Waals surface area contributed by atoms with Crippen LogP contribution in [0.3, 0.4) is 0 Å². The number of amides is 1. The number of anilines is 1. The summed E-state index contributed by atoms with van der Waals surface area (Å²) >= 11 is 5.67. The predicted molar refractivity (Wildman–Crippen MR) is 62.7 cm³/mol. The number of furan rings is 1. The van der Waals surface area contributed by atoms with Crippen LogP contribution in [0.4, 0.5) is 5.82 Å². The average molecular weight is 252 g/mol. The van der Waals surface area contributed by atoms with Gasteiger partial charge in [-0.1, -0.05) is 11.6 Å². The first kappa shape index (κ1) is 11.6. The van der Waals surface area contributed by atoms with E-state index in [-0.39, 0.29) is 5.91 Å². The predicted octanol–water partition coefficient (Wildman–Crippen LogP) is 2.29. The van der Waals surface area contributed by atoms with E-state index in [0.29, 0.717) is 23.8 Å². The minimum Gasteiger partial charge on any atom is -0.469 e. The highest BCUT2D eigenvalue weighted by molar-refractivity contribution is 6.29. The van der Waals surface area contributed by atoms with Crippen LogP contribution in [0.2, 0.25) is 5.15 Å². The van der Waals surface area contributed by atoms with Crippen molar-refractivity contribution in [3.05, 3.63) is 41.7 Å². The third-order valence-corrected chi connectivity index (χ3v) is 2.29. The highest BCUT2D eigenvalue weighted by Gasteiger charge is 2.05. The molecular weight excluding hydrogens is 242 g/mol. The summed E-state index contributed by atoms with van der Waals surface area (Å²) in [6.07, 6.45) is 3.76. The highest BCUT2D eigenvalue weighted by Crippen LogP contribution is 2.09. The molecule has 2 aromatic heterocycles. The molecule has 17 heavy (non-hydrogen) atoms. The SMILES string of the molecule is O=C(CCc1ccco1)Nc1cc(Cl)ncn1. The van der Waals surface area contributed by atoms with Crippen molar-refractivity contribution in [2.45, 2.75) is 12.8 Å². The van der Waals surface area contributed by atoms with E-state index in [4.69, 9.17) is 16.0 Å². The Morgan fingerprint density at radius 1 is 1.47 bits per heavy atom. The number of carbonyl (C=O) groups excluding carboxylic acids is 1. The maximum Gasteiger partial charge on any atom is 0.225 e. The Balaban J connectivity index is 1.85. The number of carbonyl (C=O) groups is 1. The second kappa shape index (κ2) is 5.45. The molecule has 0 spiro atoms. The van der Waals surface area contributed by atoms with E-state index in [0.717, 1.165) is 5.76 Å². The molecule has 0 saturated carbocycles. The number of aryl methyl sites for hydroxylation is 1. The summed E-state index contributed by atoms with van der Waals surface area (Å²) < 4.78 is 5.13. The fourth-order valence-corrected chi connectivity index (χ4v) is 1.45. The molecule has 0 aliphatic carbocycles. The lowest BCUT2D eigenvalue weighted by molar-refractivity contribution is -0.116. The molecule has 2 aromatic rings. The standard InChI is InChI=1S/C11H10ClN3O2/c12-9-6-10(14-7-13-9)15-11(16)4-3-8-2-1-5-17-8/h1-2,5-7H,3-4H2,(H,13,14,15,16). The monoisotopic (exact) mass is 251 g/mol. The van der Waals surface area contributed by atoms with Crippen molar-refractivity contribution in [1.82, 2.24) is 9.97 Å². The second-order valence-electron chi connectivity index (χ2n) is 3.35. The van der Waals surface area contributed by atoms with Gasteiger partial charge in [-0.3, -0.25) is 4.79 Å². The molecule has 0 unspecified atom stereocenters. The van der Waals surface area contributed by atoms with Crippen LogP contribution in [0, 0.1) is 0 Å². The zero-order valence-electron chi connectivity index (χ0n) is 8.89. The Bertz CT molecular complexity index is 499. The molecule has 6 heteroatoms. The molecule has 1 N–H and O–H groups in total. The smallest absolute Gasteiger partial charge is 0.225 e. The lowest BCUT2D eigenvalue weighted by Gasteiger charge is -2.02. The van der Waals surface area contributed by atoms with Crippen LogP contribution < -0.4 is 5.32 Å². The number of halogens is 1. The van der Waals surface area contributed by atoms with Crippen molar-refractivity contribution in [1.29, 1.82) is 0 Å². The molecule has 1 amide bonds. The van der Waals surface area contributed by atoms with Gasteiger partial charge >= 0.3 is 0 Å². The summed E-state index contributed by atoms with van der Waals surface area (Å²) in [5.41, 5.74) is 0. The lowest BCUT2D eigenvalue weighted by atomic mass is 10.2. The van der Waals surface area contributed by atoms with Gasteiger partial charge in [0.15, 0.2) is 0 Å². The van der Waals surface area contributed by atoms with Gasteiger partial charge in [0.25, 0.3) is 0 Å². The molecule has 2 rings (SSSR count). The maximum absolute atomic E-state index is 11.6. The Morgan fingerprint density at radius 3 is 3.06 bits per heavy atom. The number of aromatic nitrogens is 2. The number of nitrogens with one attached hydrogen (secondary N) is 1. The van der Waals surface area contributed by atoms with Crippen LogP contribution in [-0.2, 0) is 11.2 Å². The van der Waals surface area contributed by atoms with E-state index in [2.05, 4.69) is 15.3 Å². The van der Waals surface area contributed by atoms with Crippen molar-refractivity contribution in [2.75, 3.05) is 5.32 Å². The van der Waals surface area contributed by atoms with Crippen LogP contribution in [0.25, 0.3) is 0 Å². The van der Waals surface area contributed by atoms with Crippen molar-refractivity contribution in [2.24, 2.45) is 0 Å². The molecule has 0 fully saturated rings. The minimum atomic E-state index is -0.142. The van der Waals surface area contributed by atoms with Crippen LogP contribution in [-0.4, -0.2) is 15.9 Å². The molecule has 0 saturated heterocycles. The first-order valence-corrected chi connectivity index (χ1v) is 5.41. The lowest BCUT2D eigenvalue weighted by Crippen LogP contribution is -2.13. The summed E-state index contributed by atoms with van der Waals surface area (Å²) in [7, 11) is 0. The third kappa shape index (κ3) is 3.57. The van der Waals surface area contributed by atoms with Crippen molar-refractivity contribution in [3.63, 3.8) is 0 Å². The van der Waals surface area contributed by atoms with Crippen LogP contribution in [0.15, 0.2) is 35.2 Å². The largest absolute Gasteiger partial charge is 0.469 e. The van der Waals surface area contributed by atoms with Gasteiger partial charge in [-0.05, 0) is 12.1 Å². The van der Waals surface area contributed by atoms with E-state index >= 15 is 0 Å². The molecule has 0 aliphatic rings. The number of nitrogens with zero attached hydrogens (tertiary/aromatic N) is 2. The number of hydrogen-bond acceptors (Lipinski definition) is 4. The molecule has 2 heterocycles. The second-order valence-corrected chi connectivity index (χ2v) is 3.74. The Labute approximate surface area is 103 Å². The molecule has 0 aliphatic heterocycles. The van der Waals surface area contributed by atoms with E-state index in [1.165, 1.54) is 12.4 Å². The van der Waals surface area contributed by atoms with Gasteiger partial charge in [-0.15, -0.1) is 0 Å². The molecular formula is C11H10ClN3O2. The first-order valence-electron chi connectivity index (χ1n) is 5.04. The minimum absolute atomic E-state index is 0.142. The van der Waals surface area contributed by atoms with E-state index in [1.54, 1.807) is 12.3 Å². The van der Waals surface area contributed by atoms with Gasteiger partial charge in [0.1, 0.15) is 23.1 Å². The van der Waals surface area contributed by atoms with Gasteiger partial charge in [-0.2, -0.15) is 0 Å². The summed E-state index contributed by atoms with van der Waals surface area (Å²) in [4.78, 5) is 19.2. The Morgan fingerprint density at radius 2 is 2.35 bits per heavy atom. The van der Waals surface area contributed by atoms with Crippen molar-refractivity contribution < 1.29 is 9.21 Å².